The molecule has 2 N–H and O–H groups in total. The molecule has 0 amide bonds. The van der Waals surface area contributed by atoms with Crippen molar-refractivity contribution in [3.63, 3.8) is 0 Å². The van der Waals surface area contributed by atoms with Gasteiger partial charge in [0.15, 0.2) is 0 Å². The molecule has 0 fully saturated rings. The van der Waals surface area contributed by atoms with Crippen LogP contribution in [0.5, 0.6) is 0 Å². The first-order chi connectivity index (χ1) is 9.46. The van der Waals surface area contributed by atoms with Gasteiger partial charge in [0.05, 0.1) is 24.2 Å². The second kappa shape index (κ2) is 8.01. The highest BCUT2D eigenvalue weighted by molar-refractivity contribution is 7.89. The number of aliphatic hydroxyl groups excluding tert-OH is 1. The first-order valence-electron chi connectivity index (χ1n) is 5.69. The summed E-state index contributed by atoms with van der Waals surface area (Å²) in [4.78, 5) is 12.4. The maximum Gasteiger partial charge on any atom is 0.306 e. The number of thiophene rings is 1. The van der Waals surface area contributed by atoms with Gasteiger partial charge in [-0.2, -0.15) is 0 Å². The van der Waals surface area contributed by atoms with Crippen LogP contribution in [-0.4, -0.2) is 39.0 Å². The fraction of sp³-hybridized carbons (Fsp3) is 0.417. The highest BCUT2D eigenvalue weighted by atomic mass is 32.2. The highest BCUT2D eigenvalue weighted by Crippen LogP contribution is 2.15. The minimum atomic E-state index is -3.51. The zero-order valence-electron chi connectivity index (χ0n) is 10.9. The van der Waals surface area contributed by atoms with E-state index in [1.54, 1.807) is 12.1 Å². The zero-order valence-corrected chi connectivity index (χ0v) is 12.5. The van der Waals surface area contributed by atoms with Crippen LogP contribution in [-0.2, 0) is 26.1 Å². The van der Waals surface area contributed by atoms with Gasteiger partial charge in [-0.1, -0.05) is 11.8 Å². The van der Waals surface area contributed by atoms with Gasteiger partial charge in [-0.15, -0.1) is 11.3 Å². The molecule has 0 aromatic carbocycles. The minimum absolute atomic E-state index is 0.148. The number of carbonyl (C=O) groups excluding carboxylic acids is 1. The van der Waals surface area contributed by atoms with Crippen molar-refractivity contribution in [2.75, 3.05) is 19.5 Å². The first kappa shape index (κ1) is 16.7. The van der Waals surface area contributed by atoms with Crippen molar-refractivity contribution in [1.29, 1.82) is 0 Å². The standard InChI is InChI=1S/C12H15NO5S2/c1-18-12(15)6-8-20(16,17)13-9-11-5-4-10(19-11)3-2-7-14/h4-5,13-14H,6-9H2,1H3. The number of sulfonamides is 1. The number of aliphatic hydroxyl groups is 1. The van der Waals surface area contributed by atoms with E-state index in [1.165, 1.54) is 18.4 Å². The highest BCUT2D eigenvalue weighted by Gasteiger charge is 2.13. The number of nitrogens with one attached hydrogen (secondary N) is 1. The summed E-state index contributed by atoms with van der Waals surface area (Å²) < 4.78 is 30.0. The van der Waals surface area contributed by atoms with E-state index in [0.29, 0.717) is 0 Å². The molecule has 0 atom stereocenters. The molecule has 1 rings (SSSR count). The molecule has 1 aromatic heterocycles. The number of rotatable bonds is 6. The van der Waals surface area contributed by atoms with E-state index in [-0.39, 0.29) is 25.3 Å². The molecule has 1 heterocycles. The molecule has 20 heavy (non-hydrogen) atoms. The SMILES string of the molecule is COC(=O)CCS(=O)(=O)NCc1ccc(C#CCO)s1. The number of carbonyl (C=O) groups is 1. The Bertz CT molecular complexity index is 609. The molecular weight excluding hydrogens is 302 g/mol. The molecule has 8 heteroatoms. The monoisotopic (exact) mass is 317 g/mol. The Morgan fingerprint density at radius 2 is 2.25 bits per heavy atom. The lowest BCUT2D eigenvalue weighted by Crippen LogP contribution is -2.27. The smallest absolute Gasteiger partial charge is 0.306 e. The molecule has 0 saturated heterocycles. The average Bonchev–Trinajstić information content (AvgIpc) is 2.88. The van der Waals surface area contributed by atoms with Crippen LogP contribution < -0.4 is 4.72 Å². The Balaban J connectivity index is 2.49. The van der Waals surface area contributed by atoms with Gasteiger partial charge in [0, 0.05) is 11.4 Å². The molecule has 0 aliphatic carbocycles. The van der Waals surface area contributed by atoms with Crippen LogP contribution in [0.3, 0.4) is 0 Å². The summed E-state index contributed by atoms with van der Waals surface area (Å²) >= 11 is 1.34. The van der Waals surface area contributed by atoms with E-state index in [9.17, 15) is 13.2 Å². The fourth-order valence-electron chi connectivity index (χ4n) is 1.24. The van der Waals surface area contributed by atoms with Crippen LogP contribution in [0.25, 0.3) is 0 Å². The molecule has 0 aliphatic rings. The van der Waals surface area contributed by atoms with Crippen LogP contribution in [0.15, 0.2) is 12.1 Å². The second-order valence-electron chi connectivity index (χ2n) is 3.69. The first-order valence-corrected chi connectivity index (χ1v) is 8.16. The van der Waals surface area contributed by atoms with E-state index >= 15 is 0 Å². The number of hydrogen-bond donors (Lipinski definition) is 2. The molecule has 0 spiro atoms. The summed E-state index contributed by atoms with van der Waals surface area (Å²) in [5, 5.41) is 8.57. The summed E-state index contributed by atoms with van der Waals surface area (Å²) in [6, 6.07) is 3.51. The lowest BCUT2D eigenvalue weighted by Gasteiger charge is -2.04. The van der Waals surface area contributed by atoms with Crippen molar-refractivity contribution in [2.45, 2.75) is 13.0 Å². The molecule has 0 aliphatic heterocycles. The van der Waals surface area contributed by atoms with Gasteiger partial charge in [0.1, 0.15) is 6.61 Å². The topological polar surface area (TPSA) is 92.7 Å². The fourth-order valence-corrected chi connectivity index (χ4v) is 3.11. The van der Waals surface area contributed by atoms with Crippen molar-refractivity contribution in [3.8, 4) is 11.8 Å². The Labute approximate surface area is 121 Å². The largest absolute Gasteiger partial charge is 0.469 e. The van der Waals surface area contributed by atoms with Gasteiger partial charge < -0.3 is 9.84 Å². The van der Waals surface area contributed by atoms with Crippen LogP contribution >= 0.6 is 11.3 Å². The minimum Gasteiger partial charge on any atom is -0.469 e. The van der Waals surface area contributed by atoms with Gasteiger partial charge in [0.25, 0.3) is 0 Å². The third kappa shape index (κ3) is 6.16. The van der Waals surface area contributed by atoms with Crippen molar-refractivity contribution in [1.82, 2.24) is 4.72 Å². The Morgan fingerprint density at radius 3 is 2.90 bits per heavy atom. The number of esters is 1. The third-order valence-electron chi connectivity index (χ3n) is 2.22. The molecule has 6 nitrogen and oxygen atoms in total. The molecule has 0 saturated carbocycles. The van der Waals surface area contributed by atoms with Crippen molar-refractivity contribution in [2.24, 2.45) is 0 Å². The zero-order chi connectivity index (χ0) is 15.0. The lowest BCUT2D eigenvalue weighted by molar-refractivity contribution is -0.140. The number of ether oxygens (including phenoxy) is 1. The molecule has 0 bridgehead atoms. The van der Waals surface area contributed by atoms with E-state index in [2.05, 4.69) is 21.3 Å². The maximum absolute atomic E-state index is 11.6. The van der Waals surface area contributed by atoms with E-state index < -0.39 is 16.0 Å². The van der Waals surface area contributed by atoms with Gasteiger partial charge in [-0.3, -0.25) is 4.79 Å². The normalized spacial score (nSPS) is 10.7. The Hall–Kier alpha value is -1.40. The van der Waals surface area contributed by atoms with Crippen LogP contribution in [0.2, 0.25) is 0 Å². The summed E-state index contributed by atoms with van der Waals surface area (Å²) in [6.45, 7) is -0.0671. The summed E-state index contributed by atoms with van der Waals surface area (Å²) in [6.07, 6.45) is -0.177. The Morgan fingerprint density at radius 1 is 1.50 bits per heavy atom. The van der Waals surface area contributed by atoms with Crippen LogP contribution in [0, 0.1) is 11.8 Å². The van der Waals surface area contributed by atoms with Crippen LogP contribution in [0.1, 0.15) is 16.2 Å². The van der Waals surface area contributed by atoms with E-state index in [4.69, 9.17) is 5.11 Å². The third-order valence-corrected chi connectivity index (χ3v) is 4.55. The average molecular weight is 317 g/mol. The quantitative estimate of drug-likeness (QED) is 0.572. The predicted octanol–water partition coefficient (Wildman–Crippen LogP) is 0.0744. The van der Waals surface area contributed by atoms with Crippen LogP contribution in [0.4, 0.5) is 0 Å². The molecule has 110 valence electrons. The van der Waals surface area contributed by atoms with Gasteiger partial charge in [-0.05, 0) is 12.1 Å². The molecular formula is C12H15NO5S2. The van der Waals surface area contributed by atoms with Gasteiger partial charge in [-0.25, -0.2) is 13.1 Å². The van der Waals surface area contributed by atoms with Crippen molar-refractivity contribution in [3.05, 3.63) is 21.9 Å². The predicted molar refractivity (Wildman–Crippen MR) is 75.5 cm³/mol. The molecule has 0 unspecified atom stereocenters. The van der Waals surface area contributed by atoms with E-state index in [0.717, 1.165) is 9.75 Å². The summed E-state index contributed by atoms with van der Waals surface area (Å²) in [5.74, 6) is 4.39. The van der Waals surface area contributed by atoms with Gasteiger partial charge >= 0.3 is 5.97 Å². The number of hydrogen-bond acceptors (Lipinski definition) is 6. The maximum atomic E-state index is 11.6. The second-order valence-corrected chi connectivity index (χ2v) is 6.79. The summed E-state index contributed by atoms with van der Waals surface area (Å²) in [7, 11) is -2.30. The number of methoxy groups -OCH3 is 1. The molecule has 0 radical (unpaired) electrons. The molecule has 1 aromatic rings. The van der Waals surface area contributed by atoms with Gasteiger partial charge in [0.2, 0.25) is 10.0 Å². The van der Waals surface area contributed by atoms with Crippen molar-refractivity contribution < 1.29 is 23.1 Å². The van der Waals surface area contributed by atoms with E-state index in [1.807, 2.05) is 0 Å². The Kier molecular flexibility index (Phi) is 6.67. The lowest BCUT2D eigenvalue weighted by atomic mass is 10.4. The summed E-state index contributed by atoms with van der Waals surface area (Å²) in [5.41, 5.74) is 0. The van der Waals surface area contributed by atoms with Crippen molar-refractivity contribution >= 4 is 27.3 Å².